The number of alkyl halides is 3. The summed E-state index contributed by atoms with van der Waals surface area (Å²) in [6.07, 6.45) is -4.64. The van der Waals surface area contributed by atoms with Gasteiger partial charge in [0, 0.05) is 10.9 Å². The monoisotopic (exact) mass is 353 g/mol. The van der Waals surface area contributed by atoms with Crippen molar-refractivity contribution in [2.24, 2.45) is 0 Å². The second-order valence-electron chi connectivity index (χ2n) is 5.22. The Morgan fingerprint density at radius 3 is 2.28 bits per heavy atom. The van der Waals surface area contributed by atoms with Crippen molar-refractivity contribution in [1.29, 1.82) is 0 Å². The normalized spacial score (nSPS) is 11.7. The van der Waals surface area contributed by atoms with Crippen LogP contribution in [0.1, 0.15) is 15.9 Å². The van der Waals surface area contributed by atoms with Crippen molar-refractivity contribution in [3.05, 3.63) is 65.2 Å². The van der Waals surface area contributed by atoms with Crippen molar-refractivity contribution < 1.29 is 31.9 Å². The molecule has 0 spiro atoms. The first-order chi connectivity index (χ1) is 11.7. The SMILES string of the molecule is O=C(O)c1cc(-c2ccc(F)c(F)c2)nc2ccc(C(F)(F)F)cc12. The Hall–Kier alpha value is -3.03. The number of nitrogens with zero attached hydrogens (tertiary/aromatic N) is 1. The number of fused-ring (bicyclic) bond motifs is 1. The summed E-state index contributed by atoms with van der Waals surface area (Å²) in [5.41, 5.74) is -1.33. The van der Waals surface area contributed by atoms with Crippen molar-refractivity contribution in [2.45, 2.75) is 6.18 Å². The van der Waals surface area contributed by atoms with Gasteiger partial charge in [0.05, 0.1) is 22.3 Å². The van der Waals surface area contributed by atoms with E-state index in [1.54, 1.807) is 0 Å². The van der Waals surface area contributed by atoms with Crippen LogP contribution in [0.15, 0.2) is 42.5 Å². The minimum atomic E-state index is -4.64. The van der Waals surface area contributed by atoms with Crippen LogP contribution < -0.4 is 0 Å². The predicted molar refractivity (Wildman–Crippen MR) is 79.1 cm³/mol. The van der Waals surface area contributed by atoms with Gasteiger partial charge in [0.1, 0.15) is 0 Å². The molecule has 0 bridgehead atoms. The smallest absolute Gasteiger partial charge is 0.416 e. The number of rotatable bonds is 2. The summed E-state index contributed by atoms with van der Waals surface area (Å²) in [7, 11) is 0. The molecule has 8 heteroatoms. The van der Waals surface area contributed by atoms with Crippen LogP contribution in [0, 0.1) is 11.6 Å². The number of benzene rings is 2. The minimum Gasteiger partial charge on any atom is -0.478 e. The molecular formula is C17H8F5NO2. The number of hydrogen-bond acceptors (Lipinski definition) is 2. The maximum absolute atomic E-state index is 13.4. The molecule has 3 rings (SSSR count). The summed E-state index contributed by atoms with van der Waals surface area (Å²) in [4.78, 5) is 15.5. The lowest BCUT2D eigenvalue weighted by atomic mass is 10.0. The number of pyridine rings is 1. The maximum atomic E-state index is 13.4. The molecule has 3 aromatic rings. The Bertz CT molecular complexity index is 998. The fourth-order valence-electron chi connectivity index (χ4n) is 2.38. The Kier molecular flexibility index (Phi) is 3.90. The lowest BCUT2D eigenvalue weighted by molar-refractivity contribution is -0.137. The van der Waals surface area contributed by atoms with E-state index in [2.05, 4.69) is 4.98 Å². The van der Waals surface area contributed by atoms with Crippen LogP contribution in [-0.4, -0.2) is 16.1 Å². The third-order valence-electron chi connectivity index (χ3n) is 3.58. The van der Waals surface area contributed by atoms with E-state index in [1.807, 2.05) is 0 Å². The van der Waals surface area contributed by atoms with Gasteiger partial charge in [-0.25, -0.2) is 18.6 Å². The van der Waals surface area contributed by atoms with E-state index in [0.29, 0.717) is 6.07 Å². The number of aromatic carboxylic acids is 1. The maximum Gasteiger partial charge on any atom is 0.416 e. The second-order valence-corrected chi connectivity index (χ2v) is 5.22. The number of carboxylic acids is 1. The zero-order valence-electron chi connectivity index (χ0n) is 12.2. The van der Waals surface area contributed by atoms with Gasteiger partial charge in [-0.05, 0) is 42.5 Å². The molecule has 3 nitrogen and oxygen atoms in total. The van der Waals surface area contributed by atoms with E-state index in [4.69, 9.17) is 0 Å². The molecule has 1 N–H and O–H groups in total. The lowest BCUT2D eigenvalue weighted by Crippen LogP contribution is -2.06. The molecule has 0 saturated carbocycles. The molecule has 0 aliphatic rings. The van der Waals surface area contributed by atoms with E-state index in [0.717, 1.165) is 30.3 Å². The lowest BCUT2D eigenvalue weighted by Gasteiger charge is -2.11. The van der Waals surface area contributed by atoms with E-state index < -0.39 is 34.9 Å². The molecule has 0 amide bonds. The number of halogens is 5. The number of carbonyl (C=O) groups is 1. The average molecular weight is 353 g/mol. The summed E-state index contributed by atoms with van der Waals surface area (Å²) in [5.74, 6) is -3.70. The third-order valence-corrected chi connectivity index (χ3v) is 3.58. The van der Waals surface area contributed by atoms with Crippen LogP contribution in [0.5, 0.6) is 0 Å². The molecular weight excluding hydrogens is 345 g/mol. The van der Waals surface area contributed by atoms with Crippen LogP contribution in [0.25, 0.3) is 22.2 Å². The van der Waals surface area contributed by atoms with Crippen molar-refractivity contribution in [3.63, 3.8) is 0 Å². The van der Waals surface area contributed by atoms with Gasteiger partial charge in [-0.1, -0.05) is 0 Å². The van der Waals surface area contributed by atoms with Gasteiger partial charge in [0.2, 0.25) is 0 Å². The molecule has 1 heterocycles. The Balaban J connectivity index is 2.26. The highest BCUT2D eigenvalue weighted by Crippen LogP contribution is 2.33. The number of hydrogen-bond donors (Lipinski definition) is 1. The molecule has 0 saturated heterocycles. The molecule has 0 fully saturated rings. The fraction of sp³-hybridized carbons (Fsp3) is 0.0588. The summed E-state index contributed by atoms with van der Waals surface area (Å²) in [6, 6.07) is 6.41. The molecule has 0 atom stereocenters. The highest BCUT2D eigenvalue weighted by Gasteiger charge is 2.31. The first-order valence-electron chi connectivity index (χ1n) is 6.87. The Morgan fingerprint density at radius 1 is 0.960 bits per heavy atom. The van der Waals surface area contributed by atoms with Crippen LogP contribution in [-0.2, 0) is 6.18 Å². The minimum absolute atomic E-state index is 0.00330. The van der Waals surface area contributed by atoms with Crippen LogP contribution in [0.4, 0.5) is 22.0 Å². The molecule has 128 valence electrons. The molecule has 0 unspecified atom stereocenters. The van der Waals surface area contributed by atoms with Crippen molar-refractivity contribution in [1.82, 2.24) is 4.98 Å². The Labute approximate surface area is 137 Å². The number of carboxylic acid groups (broad SMARTS) is 1. The first-order valence-corrected chi connectivity index (χ1v) is 6.87. The summed E-state index contributed by atoms with van der Waals surface area (Å²) >= 11 is 0. The van der Waals surface area contributed by atoms with Crippen molar-refractivity contribution in [2.75, 3.05) is 0 Å². The standard InChI is InChI=1S/C17H8F5NO2/c18-12-3-1-8(5-13(12)19)15-7-11(16(24)25)10-6-9(17(20,21)22)2-4-14(10)23-15/h1-7H,(H,24,25). The van der Waals surface area contributed by atoms with Gasteiger partial charge >= 0.3 is 12.1 Å². The van der Waals surface area contributed by atoms with Gasteiger partial charge in [-0.2, -0.15) is 13.2 Å². The predicted octanol–water partition coefficient (Wildman–Crippen LogP) is 4.90. The highest BCUT2D eigenvalue weighted by atomic mass is 19.4. The second kappa shape index (κ2) is 5.80. The third kappa shape index (κ3) is 3.15. The van der Waals surface area contributed by atoms with Gasteiger partial charge in [-0.15, -0.1) is 0 Å². The molecule has 2 aromatic carbocycles. The van der Waals surface area contributed by atoms with E-state index in [-0.39, 0.29) is 22.2 Å². The van der Waals surface area contributed by atoms with Crippen LogP contribution in [0.3, 0.4) is 0 Å². The Morgan fingerprint density at radius 2 is 1.68 bits per heavy atom. The summed E-state index contributed by atoms with van der Waals surface area (Å²) in [5, 5.41) is 9.10. The number of aromatic nitrogens is 1. The van der Waals surface area contributed by atoms with E-state index >= 15 is 0 Å². The van der Waals surface area contributed by atoms with Gasteiger partial charge in [0.15, 0.2) is 11.6 Å². The summed E-state index contributed by atoms with van der Waals surface area (Å²) < 4.78 is 64.9. The molecule has 0 aliphatic carbocycles. The zero-order valence-corrected chi connectivity index (χ0v) is 12.2. The first kappa shape index (κ1) is 16.8. The van der Waals surface area contributed by atoms with Crippen LogP contribution >= 0.6 is 0 Å². The molecule has 25 heavy (non-hydrogen) atoms. The van der Waals surface area contributed by atoms with Gasteiger partial charge in [0.25, 0.3) is 0 Å². The topological polar surface area (TPSA) is 50.2 Å². The summed E-state index contributed by atoms with van der Waals surface area (Å²) in [6.45, 7) is 0. The molecule has 0 aliphatic heterocycles. The quantitative estimate of drug-likeness (QED) is 0.667. The zero-order chi connectivity index (χ0) is 18.4. The molecule has 1 aromatic heterocycles. The van der Waals surface area contributed by atoms with E-state index in [9.17, 15) is 31.9 Å². The largest absolute Gasteiger partial charge is 0.478 e. The fourth-order valence-corrected chi connectivity index (χ4v) is 2.38. The van der Waals surface area contributed by atoms with Crippen LogP contribution in [0.2, 0.25) is 0 Å². The van der Waals surface area contributed by atoms with Crippen molar-refractivity contribution >= 4 is 16.9 Å². The van der Waals surface area contributed by atoms with Gasteiger partial charge < -0.3 is 5.11 Å². The highest BCUT2D eigenvalue weighted by molar-refractivity contribution is 6.04. The van der Waals surface area contributed by atoms with Gasteiger partial charge in [-0.3, -0.25) is 0 Å². The van der Waals surface area contributed by atoms with Crippen molar-refractivity contribution in [3.8, 4) is 11.3 Å². The average Bonchev–Trinajstić information content (AvgIpc) is 2.54. The molecule has 0 radical (unpaired) electrons. The van der Waals surface area contributed by atoms with E-state index in [1.165, 1.54) is 6.07 Å².